The molecule has 0 fully saturated rings. The highest BCUT2D eigenvalue weighted by Crippen LogP contribution is 2.06. The molecule has 0 amide bonds. The van der Waals surface area contributed by atoms with Crippen LogP contribution in [-0.2, 0) is 0 Å². The van der Waals surface area contributed by atoms with Gasteiger partial charge in [-0.15, -0.1) is 0 Å². The predicted molar refractivity (Wildman–Crippen MR) is 55.2 cm³/mol. The molecule has 0 aliphatic rings. The maximum Gasteiger partial charge on any atom is 0.00966 e. The molecule has 0 radical (unpaired) electrons. The van der Waals surface area contributed by atoms with Crippen molar-refractivity contribution in [2.24, 2.45) is 11.7 Å². The molecule has 0 saturated heterocycles. The molecule has 2 heteroatoms. The summed E-state index contributed by atoms with van der Waals surface area (Å²) in [5.74, 6) is 0.647. The van der Waals surface area contributed by atoms with Crippen molar-refractivity contribution in [2.45, 2.75) is 46.1 Å². The van der Waals surface area contributed by atoms with Crippen molar-refractivity contribution in [1.29, 1.82) is 0 Å². The first-order valence-corrected chi connectivity index (χ1v) is 4.94. The Kier molecular flexibility index (Phi) is 5.51. The van der Waals surface area contributed by atoms with Gasteiger partial charge in [-0.3, -0.25) is 0 Å². The first-order chi connectivity index (χ1) is 5.49. The fourth-order valence-corrected chi connectivity index (χ4v) is 1.16. The standard InChI is InChI=1S/C10H24N2/c1-5-6-9(7-11)8-12-10(2,3)4/h9,12H,5-8,11H2,1-4H3. The van der Waals surface area contributed by atoms with E-state index in [0.29, 0.717) is 5.92 Å². The van der Waals surface area contributed by atoms with Gasteiger partial charge in [-0.05, 0) is 46.2 Å². The smallest absolute Gasteiger partial charge is 0.00966 e. The third-order valence-corrected chi connectivity index (χ3v) is 1.95. The monoisotopic (exact) mass is 172 g/mol. The van der Waals surface area contributed by atoms with Crippen LogP contribution in [0.15, 0.2) is 0 Å². The first-order valence-electron chi connectivity index (χ1n) is 4.94. The summed E-state index contributed by atoms with van der Waals surface area (Å²) in [6.07, 6.45) is 2.47. The molecule has 0 heterocycles. The second kappa shape index (κ2) is 5.55. The number of nitrogens with two attached hydrogens (primary N) is 1. The molecule has 0 aromatic heterocycles. The van der Waals surface area contributed by atoms with Crippen molar-refractivity contribution in [3.63, 3.8) is 0 Å². The number of hydrogen-bond donors (Lipinski definition) is 2. The fraction of sp³-hybridized carbons (Fsp3) is 1.00. The molecule has 0 rings (SSSR count). The van der Waals surface area contributed by atoms with E-state index in [1.165, 1.54) is 12.8 Å². The molecule has 0 aliphatic heterocycles. The van der Waals surface area contributed by atoms with Crippen molar-refractivity contribution in [1.82, 2.24) is 5.32 Å². The molecular formula is C10H24N2. The quantitative estimate of drug-likeness (QED) is 0.663. The molecule has 0 aromatic rings. The van der Waals surface area contributed by atoms with Gasteiger partial charge < -0.3 is 11.1 Å². The molecule has 74 valence electrons. The summed E-state index contributed by atoms with van der Waals surface area (Å²) in [5.41, 5.74) is 5.87. The minimum atomic E-state index is 0.223. The maximum absolute atomic E-state index is 5.65. The molecule has 3 N–H and O–H groups in total. The molecule has 0 saturated carbocycles. The van der Waals surface area contributed by atoms with Gasteiger partial charge in [-0.2, -0.15) is 0 Å². The van der Waals surface area contributed by atoms with Crippen LogP contribution in [0.2, 0.25) is 0 Å². The Morgan fingerprint density at radius 1 is 1.33 bits per heavy atom. The van der Waals surface area contributed by atoms with Gasteiger partial charge in [-0.1, -0.05) is 13.3 Å². The van der Waals surface area contributed by atoms with Gasteiger partial charge in [0, 0.05) is 5.54 Å². The second-order valence-electron chi connectivity index (χ2n) is 4.52. The lowest BCUT2D eigenvalue weighted by atomic mass is 10.0. The highest BCUT2D eigenvalue weighted by molar-refractivity contribution is 4.73. The molecular weight excluding hydrogens is 148 g/mol. The molecule has 2 nitrogen and oxygen atoms in total. The lowest BCUT2D eigenvalue weighted by Gasteiger charge is -2.24. The van der Waals surface area contributed by atoms with Crippen LogP contribution in [-0.4, -0.2) is 18.6 Å². The molecule has 1 atom stereocenters. The third kappa shape index (κ3) is 6.62. The lowest BCUT2D eigenvalue weighted by molar-refractivity contribution is 0.361. The van der Waals surface area contributed by atoms with E-state index in [1.807, 2.05) is 0 Å². The zero-order valence-electron chi connectivity index (χ0n) is 8.98. The Morgan fingerprint density at radius 3 is 2.25 bits per heavy atom. The van der Waals surface area contributed by atoms with Gasteiger partial charge in [0.15, 0.2) is 0 Å². The van der Waals surface area contributed by atoms with Crippen LogP contribution in [0.25, 0.3) is 0 Å². The van der Waals surface area contributed by atoms with Gasteiger partial charge in [0.2, 0.25) is 0 Å². The van der Waals surface area contributed by atoms with Gasteiger partial charge in [0.25, 0.3) is 0 Å². The summed E-state index contributed by atoms with van der Waals surface area (Å²) in [6, 6.07) is 0. The normalized spacial score (nSPS) is 14.8. The zero-order chi connectivity index (χ0) is 9.61. The van der Waals surface area contributed by atoms with Crippen LogP contribution in [0.3, 0.4) is 0 Å². The lowest BCUT2D eigenvalue weighted by Crippen LogP contribution is -2.40. The summed E-state index contributed by atoms with van der Waals surface area (Å²) < 4.78 is 0. The number of nitrogens with one attached hydrogen (secondary N) is 1. The van der Waals surface area contributed by atoms with Crippen molar-refractivity contribution in [2.75, 3.05) is 13.1 Å². The summed E-state index contributed by atoms with van der Waals surface area (Å²) in [7, 11) is 0. The van der Waals surface area contributed by atoms with Crippen molar-refractivity contribution >= 4 is 0 Å². The number of rotatable bonds is 5. The van der Waals surface area contributed by atoms with E-state index in [9.17, 15) is 0 Å². The summed E-state index contributed by atoms with van der Waals surface area (Å²) in [6.45, 7) is 10.6. The second-order valence-corrected chi connectivity index (χ2v) is 4.52. The summed E-state index contributed by atoms with van der Waals surface area (Å²) >= 11 is 0. The van der Waals surface area contributed by atoms with E-state index in [2.05, 4.69) is 33.0 Å². The highest BCUT2D eigenvalue weighted by atomic mass is 14.9. The number of hydrogen-bond acceptors (Lipinski definition) is 2. The van der Waals surface area contributed by atoms with Crippen LogP contribution in [0, 0.1) is 5.92 Å². The average Bonchev–Trinajstić information content (AvgIpc) is 1.96. The largest absolute Gasteiger partial charge is 0.330 e. The van der Waals surface area contributed by atoms with Crippen LogP contribution in [0.1, 0.15) is 40.5 Å². The van der Waals surface area contributed by atoms with E-state index in [-0.39, 0.29) is 5.54 Å². The molecule has 0 aliphatic carbocycles. The predicted octanol–water partition coefficient (Wildman–Crippen LogP) is 1.75. The third-order valence-electron chi connectivity index (χ3n) is 1.95. The maximum atomic E-state index is 5.65. The summed E-state index contributed by atoms with van der Waals surface area (Å²) in [4.78, 5) is 0. The Bertz CT molecular complexity index is 105. The molecule has 1 unspecified atom stereocenters. The molecule has 0 bridgehead atoms. The Balaban J connectivity index is 3.58. The van der Waals surface area contributed by atoms with Crippen molar-refractivity contribution in [3.05, 3.63) is 0 Å². The van der Waals surface area contributed by atoms with Gasteiger partial charge in [0.1, 0.15) is 0 Å². The SMILES string of the molecule is CCCC(CN)CNC(C)(C)C. The van der Waals surface area contributed by atoms with Crippen LogP contribution in [0.4, 0.5) is 0 Å². The Hall–Kier alpha value is -0.0800. The summed E-state index contributed by atoms with van der Waals surface area (Å²) in [5, 5.41) is 3.48. The minimum Gasteiger partial charge on any atom is -0.330 e. The molecule has 12 heavy (non-hydrogen) atoms. The molecule has 0 spiro atoms. The van der Waals surface area contributed by atoms with Crippen LogP contribution < -0.4 is 11.1 Å². The molecule has 0 aromatic carbocycles. The highest BCUT2D eigenvalue weighted by Gasteiger charge is 2.11. The van der Waals surface area contributed by atoms with E-state index >= 15 is 0 Å². The van der Waals surface area contributed by atoms with E-state index in [1.54, 1.807) is 0 Å². The topological polar surface area (TPSA) is 38.0 Å². The Morgan fingerprint density at radius 2 is 1.92 bits per heavy atom. The van der Waals surface area contributed by atoms with Gasteiger partial charge in [-0.25, -0.2) is 0 Å². The fourth-order valence-electron chi connectivity index (χ4n) is 1.16. The first kappa shape index (κ1) is 11.9. The van der Waals surface area contributed by atoms with Gasteiger partial charge >= 0.3 is 0 Å². The average molecular weight is 172 g/mol. The van der Waals surface area contributed by atoms with E-state index < -0.39 is 0 Å². The van der Waals surface area contributed by atoms with E-state index in [0.717, 1.165) is 13.1 Å². The van der Waals surface area contributed by atoms with Crippen molar-refractivity contribution < 1.29 is 0 Å². The van der Waals surface area contributed by atoms with Crippen LogP contribution >= 0.6 is 0 Å². The van der Waals surface area contributed by atoms with Crippen molar-refractivity contribution in [3.8, 4) is 0 Å². The zero-order valence-corrected chi connectivity index (χ0v) is 8.98. The minimum absolute atomic E-state index is 0.223. The van der Waals surface area contributed by atoms with Crippen LogP contribution in [0.5, 0.6) is 0 Å². The van der Waals surface area contributed by atoms with E-state index in [4.69, 9.17) is 5.73 Å². The van der Waals surface area contributed by atoms with Gasteiger partial charge in [0.05, 0.1) is 0 Å². The Labute approximate surface area is 76.9 Å².